The second-order valence-electron chi connectivity index (χ2n) is 4.38. The summed E-state index contributed by atoms with van der Waals surface area (Å²) in [5, 5.41) is 10.6. The highest BCUT2D eigenvalue weighted by molar-refractivity contribution is 6.30. The van der Waals surface area contributed by atoms with Crippen molar-refractivity contribution in [3.8, 4) is 5.75 Å². The third kappa shape index (κ3) is 2.45. The fraction of sp³-hybridized carbons (Fsp3) is 0.500. The molecule has 1 atom stereocenters. The molecule has 0 unspecified atom stereocenters. The first kappa shape index (κ1) is 13.6. The molecule has 1 aliphatic rings. The average molecular weight is 262 g/mol. The predicted octanol–water partition coefficient (Wildman–Crippen LogP) is 3.58. The lowest BCUT2D eigenvalue weighted by Gasteiger charge is -2.32. The number of phenolic OH excluding ortho intramolecular Hbond substituents is 1. The van der Waals surface area contributed by atoms with Gasteiger partial charge in [0.15, 0.2) is 0 Å². The molecule has 2 rings (SSSR count). The summed E-state index contributed by atoms with van der Waals surface area (Å²) >= 11 is 5.97. The van der Waals surface area contributed by atoms with Crippen molar-refractivity contribution < 1.29 is 5.11 Å². The normalized spacial score (nSPS) is 17.4. The van der Waals surface area contributed by atoms with E-state index in [2.05, 4.69) is 0 Å². The Hall–Kier alpha value is -0.440. The van der Waals surface area contributed by atoms with Gasteiger partial charge in [0.1, 0.15) is 5.75 Å². The van der Waals surface area contributed by atoms with Crippen LogP contribution in [0.3, 0.4) is 0 Å². The Morgan fingerprint density at radius 1 is 1.44 bits per heavy atom. The van der Waals surface area contributed by atoms with Crippen molar-refractivity contribution in [2.45, 2.75) is 32.2 Å². The van der Waals surface area contributed by atoms with Crippen LogP contribution in [0.4, 0.5) is 0 Å². The Kier molecular flexibility index (Phi) is 4.48. The number of halogens is 2. The van der Waals surface area contributed by atoms with E-state index in [-0.39, 0.29) is 18.4 Å². The highest BCUT2D eigenvalue weighted by Gasteiger charge is 2.27. The molecule has 16 heavy (non-hydrogen) atoms. The monoisotopic (exact) mass is 261 g/mol. The lowest BCUT2D eigenvalue weighted by Crippen LogP contribution is -2.27. The molecule has 0 bridgehead atoms. The highest BCUT2D eigenvalue weighted by atomic mass is 35.5. The van der Waals surface area contributed by atoms with Crippen LogP contribution in [-0.2, 0) is 0 Å². The molecule has 0 saturated heterocycles. The molecule has 1 saturated carbocycles. The van der Waals surface area contributed by atoms with Gasteiger partial charge < -0.3 is 10.8 Å². The van der Waals surface area contributed by atoms with Crippen molar-refractivity contribution in [3.63, 3.8) is 0 Å². The van der Waals surface area contributed by atoms with Crippen molar-refractivity contribution in [3.05, 3.63) is 28.3 Å². The smallest absolute Gasteiger partial charge is 0.123 e. The number of benzene rings is 1. The van der Waals surface area contributed by atoms with E-state index in [1.54, 1.807) is 12.1 Å². The van der Waals surface area contributed by atoms with Crippen molar-refractivity contribution in [2.75, 3.05) is 0 Å². The van der Waals surface area contributed by atoms with Crippen molar-refractivity contribution >= 4 is 24.0 Å². The molecule has 0 amide bonds. The van der Waals surface area contributed by atoms with Gasteiger partial charge in [-0.15, -0.1) is 12.4 Å². The molecule has 1 aliphatic carbocycles. The maximum Gasteiger partial charge on any atom is 0.123 e. The lowest BCUT2D eigenvalue weighted by atomic mass is 9.77. The largest absolute Gasteiger partial charge is 0.507 e. The second-order valence-corrected chi connectivity index (χ2v) is 4.81. The molecule has 0 spiro atoms. The summed E-state index contributed by atoms with van der Waals surface area (Å²) in [6.45, 7) is 1.85. The Morgan fingerprint density at radius 2 is 2.06 bits per heavy atom. The maximum atomic E-state index is 9.92. The summed E-state index contributed by atoms with van der Waals surface area (Å²) in [5.41, 5.74) is 7.71. The van der Waals surface area contributed by atoms with E-state index >= 15 is 0 Å². The minimum Gasteiger partial charge on any atom is -0.507 e. The molecule has 0 aromatic heterocycles. The predicted molar refractivity (Wildman–Crippen MR) is 69.4 cm³/mol. The van der Waals surface area contributed by atoms with Crippen molar-refractivity contribution in [1.29, 1.82) is 0 Å². The van der Waals surface area contributed by atoms with E-state index in [0.717, 1.165) is 24.0 Å². The van der Waals surface area contributed by atoms with Crippen molar-refractivity contribution in [2.24, 2.45) is 11.7 Å². The minimum absolute atomic E-state index is 0. The van der Waals surface area contributed by atoms with Gasteiger partial charge in [-0.25, -0.2) is 0 Å². The van der Waals surface area contributed by atoms with Gasteiger partial charge in [-0.1, -0.05) is 18.0 Å². The number of aryl methyl sites for hydroxylation is 1. The number of aromatic hydroxyl groups is 1. The van der Waals surface area contributed by atoms with Crippen LogP contribution < -0.4 is 5.73 Å². The van der Waals surface area contributed by atoms with E-state index in [1.807, 2.05) is 6.92 Å². The summed E-state index contributed by atoms with van der Waals surface area (Å²) in [6.07, 6.45) is 3.57. The van der Waals surface area contributed by atoms with Gasteiger partial charge >= 0.3 is 0 Å². The zero-order valence-corrected chi connectivity index (χ0v) is 10.8. The highest BCUT2D eigenvalue weighted by Crippen LogP contribution is 2.40. The van der Waals surface area contributed by atoms with Gasteiger partial charge in [0.2, 0.25) is 0 Å². The number of hydrogen-bond acceptors (Lipinski definition) is 2. The quantitative estimate of drug-likeness (QED) is 0.855. The molecule has 4 heteroatoms. The zero-order chi connectivity index (χ0) is 11.0. The lowest BCUT2D eigenvalue weighted by molar-refractivity contribution is 0.260. The van der Waals surface area contributed by atoms with Crippen molar-refractivity contribution in [1.82, 2.24) is 0 Å². The third-order valence-electron chi connectivity index (χ3n) is 3.31. The molecule has 90 valence electrons. The Labute approximate surface area is 107 Å². The Bertz CT molecular complexity index is 378. The van der Waals surface area contributed by atoms with Gasteiger partial charge in [-0.2, -0.15) is 0 Å². The van der Waals surface area contributed by atoms with Crippen LogP contribution in [0.5, 0.6) is 5.75 Å². The fourth-order valence-electron chi connectivity index (χ4n) is 2.07. The second kappa shape index (κ2) is 5.26. The molecule has 1 fully saturated rings. The van der Waals surface area contributed by atoms with Crippen LogP contribution in [0.15, 0.2) is 12.1 Å². The molecule has 0 heterocycles. The summed E-state index contributed by atoms with van der Waals surface area (Å²) < 4.78 is 0. The first-order valence-corrected chi connectivity index (χ1v) is 5.72. The van der Waals surface area contributed by atoms with Gasteiger partial charge in [-0.3, -0.25) is 0 Å². The van der Waals surface area contributed by atoms with Crippen LogP contribution in [-0.4, -0.2) is 5.11 Å². The summed E-state index contributed by atoms with van der Waals surface area (Å²) in [6, 6.07) is 3.47. The van der Waals surface area contributed by atoms with E-state index in [0.29, 0.717) is 16.7 Å². The van der Waals surface area contributed by atoms with Crippen LogP contribution in [0.25, 0.3) is 0 Å². The van der Waals surface area contributed by atoms with E-state index < -0.39 is 0 Å². The standard InChI is InChI=1S/C12H16ClNO.ClH/c1-7-5-9(13)6-10(12(7)15)11(14)8-3-2-4-8;/h5-6,8,11,15H,2-4,14H2,1H3;1H/t11-;/m1./s1. The number of rotatable bonds is 2. The Balaban J connectivity index is 0.00000128. The fourth-order valence-corrected chi connectivity index (χ4v) is 2.35. The molecule has 0 aliphatic heterocycles. The summed E-state index contributed by atoms with van der Waals surface area (Å²) in [5.74, 6) is 0.813. The number of phenols is 1. The van der Waals surface area contributed by atoms with Gasteiger partial charge in [0, 0.05) is 16.6 Å². The first-order chi connectivity index (χ1) is 7.09. The van der Waals surface area contributed by atoms with Crippen LogP contribution in [0.2, 0.25) is 5.02 Å². The molecule has 1 aromatic carbocycles. The van der Waals surface area contributed by atoms with E-state index in [1.165, 1.54) is 6.42 Å². The molecule has 1 aromatic rings. The van der Waals surface area contributed by atoms with Crippen LogP contribution in [0, 0.1) is 12.8 Å². The summed E-state index contributed by atoms with van der Waals surface area (Å²) in [4.78, 5) is 0. The van der Waals surface area contributed by atoms with Gasteiger partial charge in [0.25, 0.3) is 0 Å². The van der Waals surface area contributed by atoms with E-state index in [4.69, 9.17) is 17.3 Å². The molecule has 3 N–H and O–H groups in total. The number of nitrogens with two attached hydrogens (primary N) is 1. The van der Waals surface area contributed by atoms with Crippen LogP contribution >= 0.6 is 24.0 Å². The van der Waals surface area contributed by atoms with Gasteiger partial charge in [-0.05, 0) is 43.4 Å². The molecule has 2 nitrogen and oxygen atoms in total. The maximum absolute atomic E-state index is 9.92. The van der Waals surface area contributed by atoms with Crippen LogP contribution in [0.1, 0.15) is 36.4 Å². The Morgan fingerprint density at radius 3 is 2.56 bits per heavy atom. The molecule has 0 radical (unpaired) electrons. The van der Waals surface area contributed by atoms with Gasteiger partial charge in [0.05, 0.1) is 0 Å². The third-order valence-corrected chi connectivity index (χ3v) is 3.53. The molecular weight excluding hydrogens is 245 g/mol. The average Bonchev–Trinajstić information content (AvgIpc) is 2.08. The molecular formula is C12H17Cl2NO. The minimum atomic E-state index is -0.0730. The summed E-state index contributed by atoms with van der Waals surface area (Å²) in [7, 11) is 0. The number of hydrogen-bond donors (Lipinski definition) is 2. The topological polar surface area (TPSA) is 46.2 Å². The SMILES string of the molecule is Cc1cc(Cl)cc([C@H](N)C2CCC2)c1O.Cl. The first-order valence-electron chi connectivity index (χ1n) is 5.34. The zero-order valence-electron chi connectivity index (χ0n) is 9.24. The van der Waals surface area contributed by atoms with E-state index in [9.17, 15) is 5.11 Å².